The third-order valence-corrected chi connectivity index (χ3v) is 4.12. The summed E-state index contributed by atoms with van der Waals surface area (Å²) in [5, 5.41) is 0. The number of nitrogens with zero attached hydrogens (tertiary/aromatic N) is 1. The van der Waals surface area contributed by atoms with Crippen molar-refractivity contribution < 1.29 is 4.74 Å². The van der Waals surface area contributed by atoms with E-state index in [4.69, 9.17) is 10.5 Å². The minimum Gasteiger partial charge on any atom is -0.377 e. The summed E-state index contributed by atoms with van der Waals surface area (Å²) < 4.78 is 5.66. The van der Waals surface area contributed by atoms with Gasteiger partial charge in [-0.25, -0.2) is 0 Å². The van der Waals surface area contributed by atoms with E-state index in [1.807, 2.05) is 0 Å². The van der Waals surface area contributed by atoms with Crippen LogP contribution in [0.2, 0.25) is 0 Å². The molecule has 0 amide bonds. The average Bonchev–Trinajstić information content (AvgIpc) is 2.78. The van der Waals surface area contributed by atoms with Crippen molar-refractivity contribution in [3.63, 3.8) is 0 Å². The van der Waals surface area contributed by atoms with Crippen LogP contribution in [0.5, 0.6) is 0 Å². The van der Waals surface area contributed by atoms with E-state index in [9.17, 15) is 0 Å². The van der Waals surface area contributed by atoms with Gasteiger partial charge in [-0.3, -0.25) is 4.90 Å². The van der Waals surface area contributed by atoms with Crippen LogP contribution in [0, 0.1) is 6.92 Å². The molecule has 100 valence electrons. The van der Waals surface area contributed by atoms with Crippen molar-refractivity contribution in [1.29, 1.82) is 0 Å². The van der Waals surface area contributed by atoms with Crippen LogP contribution in [-0.4, -0.2) is 37.2 Å². The highest BCUT2D eigenvalue weighted by atomic mass is 16.5. The van der Waals surface area contributed by atoms with Gasteiger partial charge in [0.1, 0.15) is 0 Å². The second kappa shape index (κ2) is 5.83. The van der Waals surface area contributed by atoms with Crippen molar-refractivity contribution in [2.45, 2.75) is 38.5 Å². The van der Waals surface area contributed by atoms with Crippen LogP contribution >= 0.6 is 0 Å². The molecule has 1 heterocycles. The maximum absolute atomic E-state index is 6.01. The molecule has 3 unspecified atom stereocenters. The van der Waals surface area contributed by atoms with Crippen molar-refractivity contribution in [2.75, 3.05) is 20.2 Å². The van der Waals surface area contributed by atoms with Gasteiger partial charge < -0.3 is 10.5 Å². The molecule has 0 bridgehead atoms. The van der Waals surface area contributed by atoms with Crippen LogP contribution in [0.4, 0.5) is 0 Å². The van der Waals surface area contributed by atoms with Crippen LogP contribution < -0.4 is 5.73 Å². The first-order chi connectivity index (χ1) is 8.65. The first-order valence-corrected chi connectivity index (χ1v) is 6.74. The van der Waals surface area contributed by atoms with Gasteiger partial charge >= 0.3 is 0 Å². The van der Waals surface area contributed by atoms with E-state index in [-0.39, 0.29) is 6.04 Å². The Morgan fingerprint density at radius 1 is 1.44 bits per heavy atom. The summed E-state index contributed by atoms with van der Waals surface area (Å²) in [6, 6.07) is 9.25. The van der Waals surface area contributed by atoms with Gasteiger partial charge in [0.2, 0.25) is 0 Å². The summed E-state index contributed by atoms with van der Waals surface area (Å²) >= 11 is 0. The molecule has 1 aromatic rings. The normalized spacial score (nSPS) is 25.6. The lowest BCUT2D eigenvalue weighted by atomic mass is 9.98. The number of ether oxygens (including phenoxy) is 1. The number of benzene rings is 1. The molecule has 1 saturated heterocycles. The number of hydrogen-bond donors (Lipinski definition) is 1. The van der Waals surface area contributed by atoms with Gasteiger partial charge in [-0.1, -0.05) is 24.3 Å². The Bertz CT molecular complexity index is 394. The van der Waals surface area contributed by atoms with Crippen LogP contribution in [0.3, 0.4) is 0 Å². The fraction of sp³-hybridized carbons (Fsp3) is 0.600. The van der Waals surface area contributed by atoms with E-state index < -0.39 is 0 Å². The zero-order chi connectivity index (χ0) is 13.1. The molecule has 0 radical (unpaired) electrons. The third-order valence-electron chi connectivity index (χ3n) is 4.12. The first kappa shape index (κ1) is 13.5. The molecule has 0 saturated carbocycles. The Morgan fingerprint density at radius 3 is 2.72 bits per heavy atom. The van der Waals surface area contributed by atoms with Gasteiger partial charge in [-0.2, -0.15) is 0 Å². The molecule has 0 spiro atoms. The van der Waals surface area contributed by atoms with Gasteiger partial charge in [0, 0.05) is 25.2 Å². The summed E-state index contributed by atoms with van der Waals surface area (Å²) in [5.74, 6) is 0. The fourth-order valence-electron chi connectivity index (χ4n) is 2.96. The van der Waals surface area contributed by atoms with Crippen LogP contribution in [0.25, 0.3) is 0 Å². The van der Waals surface area contributed by atoms with Gasteiger partial charge in [-0.15, -0.1) is 0 Å². The van der Waals surface area contributed by atoms with Crippen LogP contribution in [-0.2, 0) is 4.74 Å². The smallest absolute Gasteiger partial charge is 0.0703 e. The Balaban J connectivity index is 2.20. The zero-order valence-electron chi connectivity index (χ0n) is 11.6. The van der Waals surface area contributed by atoms with Crippen molar-refractivity contribution in [3.05, 3.63) is 35.4 Å². The first-order valence-electron chi connectivity index (χ1n) is 6.74. The Kier molecular flexibility index (Phi) is 4.38. The van der Waals surface area contributed by atoms with Gasteiger partial charge in [-0.05, 0) is 38.4 Å². The summed E-state index contributed by atoms with van der Waals surface area (Å²) in [6.07, 6.45) is 1.40. The molecule has 0 aromatic heterocycles. The van der Waals surface area contributed by atoms with E-state index in [2.05, 4.69) is 50.1 Å². The number of rotatable bonds is 4. The van der Waals surface area contributed by atoms with E-state index in [1.165, 1.54) is 11.1 Å². The number of nitrogens with two attached hydrogens (primary N) is 1. The SMILES string of the molecule is Cc1ccccc1C(CN)N(C)C1CCOC1C. The zero-order valence-corrected chi connectivity index (χ0v) is 11.6. The summed E-state index contributed by atoms with van der Waals surface area (Å²) in [6.45, 7) is 5.81. The largest absolute Gasteiger partial charge is 0.377 e. The van der Waals surface area contributed by atoms with Crippen molar-refractivity contribution in [1.82, 2.24) is 4.90 Å². The third kappa shape index (κ3) is 2.58. The lowest BCUT2D eigenvalue weighted by molar-refractivity contribution is 0.0685. The minimum atomic E-state index is 0.278. The Morgan fingerprint density at radius 2 is 2.17 bits per heavy atom. The molecule has 18 heavy (non-hydrogen) atoms. The van der Waals surface area contributed by atoms with Crippen molar-refractivity contribution in [2.24, 2.45) is 5.73 Å². The molecule has 3 nitrogen and oxygen atoms in total. The summed E-state index contributed by atoms with van der Waals surface area (Å²) in [7, 11) is 2.17. The summed E-state index contributed by atoms with van der Waals surface area (Å²) in [5.41, 5.74) is 8.65. The Hall–Kier alpha value is -0.900. The molecule has 2 rings (SSSR count). The van der Waals surface area contributed by atoms with Crippen LogP contribution in [0.15, 0.2) is 24.3 Å². The lowest BCUT2D eigenvalue weighted by Gasteiger charge is -2.34. The molecule has 1 aliphatic heterocycles. The summed E-state index contributed by atoms with van der Waals surface area (Å²) in [4.78, 5) is 2.39. The standard InChI is InChI=1S/C15H24N2O/c1-11-6-4-5-7-13(11)15(10-16)17(3)14-8-9-18-12(14)2/h4-7,12,14-15H,8-10,16H2,1-3H3. The quantitative estimate of drug-likeness (QED) is 0.887. The number of likely N-dealkylation sites (N-methyl/N-ethyl adjacent to an activating group) is 1. The average molecular weight is 248 g/mol. The number of hydrogen-bond acceptors (Lipinski definition) is 3. The fourth-order valence-corrected chi connectivity index (χ4v) is 2.96. The molecular formula is C15H24N2O. The molecule has 0 aliphatic carbocycles. The van der Waals surface area contributed by atoms with E-state index in [0.29, 0.717) is 18.7 Å². The maximum Gasteiger partial charge on any atom is 0.0703 e. The lowest BCUT2D eigenvalue weighted by Crippen LogP contribution is -2.42. The highest BCUT2D eigenvalue weighted by Gasteiger charge is 2.32. The van der Waals surface area contributed by atoms with Gasteiger partial charge in [0.05, 0.1) is 6.10 Å². The highest BCUT2D eigenvalue weighted by molar-refractivity contribution is 5.29. The topological polar surface area (TPSA) is 38.5 Å². The van der Waals surface area contributed by atoms with E-state index in [1.54, 1.807) is 0 Å². The van der Waals surface area contributed by atoms with Gasteiger partial charge in [0.25, 0.3) is 0 Å². The van der Waals surface area contributed by atoms with E-state index in [0.717, 1.165) is 13.0 Å². The molecular weight excluding hydrogens is 224 g/mol. The molecule has 3 heteroatoms. The number of aryl methyl sites for hydroxylation is 1. The van der Waals surface area contributed by atoms with Crippen LogP contribution in [0.1, 0.15) is 30.5 Å². The Labute approximate surface area is 110 Å². The molecule has 1 aliphatic rings. The van der Waals surface area contributed by atoms with Gasteiger partial charge in [0.15, 0.2) is 0 Å². The molecule has 3 atom stereocenters. The predicted octanol–water partition coefficient (Wildman–Crippen LogP) is 2.10. The van der Waals surface area contributed by atoms with Crippen molar-refractivity contribution in [3.8, 4) is 0 Å². The highest BCUT2D eigenvalue weighted by Crippen LogP contribution is 2.28. The van der Waals surface area contributed by atoms with E-state index >= 15 is 0 Å². The maximum atomic E-state index is 6.01. The monoisotopic (exact) mass is 248 g/mol. The molecule has 1 fully saturated rings. The molecule has 2 N–H and O–H groups in total. The van der Waals surface area contributed by atoms with Crippen molar-refractivity contribution >= 4 is 0 Å². The molecule has 1 aromatic carbocycles. The second-order valence-electron chi connectivity index (χ2n) is 5.21. The minimum absolute atomic E-state index is 0.278. The predicted molar refractivity (Wildman–Crippen MR) is 74.6 cm³/mol. The second-order valence-corrected chi connectivity index (χ2v) is 5.21.